The van der Waals surface area contributed by atoms with Crippen molar-refractivity contribution in [3.8, 4) is 0 Å². The van der Waals surface area contributed by atoms with Crippen LogP contribution >= 0.6 is 0 Å². The first kappa shape index (κ1) is 25.3. The molecule has 8 heteroatoms. The van der Waals surface area contributed by atoms with Crippen LogP contribution in [0.25, 0.3) is 0 Å². The summed E-state index contributed by atoms with van der Waals surface area (Å²) >= 11 is 0. The molecular formula is C21H29F6NO. The van der Waals surface area contributed by atoms with Gasteiger partial charge in [0.15, 0.2) is 0 Å². The highest BCUT2D eigenvalue weighted by molar-refractivity contribution is 5.75. The fourth-order valence-corrected chi connectivity index (χ4v) is 3.28. The summed E-state index contributed by atoms with van der Waals surface area (Å²) in [6, 6.07) is 5.84. The zero-order valence-corrected chi connectivity index (χ0v) is 17.6. The molecule has 0 bridgehead atoms. The lowest BCUT2D eigenvalue weighted by atomic mass is 9.75. The van der Waals surface area contributed by atoms with E-state index in [0.29, 0.717) is 17.5 Å². The molecule has 0 saturated carbocycles. The lowest BCUT2D eigenvalue weighted by molar-refractivity contribution is -0.220. The average Bonchev–Trinajstić information content (AvgIpc) is 2.57. The van der Waals surface area contributed by atoms with E-state index in [1.54, 1.807) is 13.8 Å². The third kappa shape index (κ3) is 5.66. The zero-order valence-electron chi connectivity index (χ0n) is 17.6. The van der Waals surface area contributed by atoms with Crippen molar-refractivity contribution in [2.75, 3.05) is 11.4 Å². The van der Waals surface area contributed by atoms with Crippen LogP contribution in [0.5, 0.6) is 0 Å². The molecular weight excluding hydrogens is 396 g/mol. The van der Waals surface area contributed by atoms with Crippen molar-refractivity contribution in [3.63, 3.8) is 0 Å². The summed E-state index contributed by atoms with van der Waals surface area (Å²) in [4.78, 5) is 12.3. The predicted molar refractivity (Wildman–Crippen MR) is 102 cm³/mol. The second-order valence-electron chi connectivity index (χ2n) is 9.09. The number of rotatable bonds is 8. The lowest BCUT2D eigenvalue weighted by Gasteiger charge is -2.49. The van der Waals surface area contributed by atoms with Gasteiger partial charge in [-0.15, -0.1) is 0 Å². The molecule has 2 nitrogen and oxygen atoms in total. The first-order valence-electron chi connectivity index (χ1n) is 9.36. The molecule has 0 fully saturated rings. The van der Waals surface area contributed by atoms with E-state index >= 15 is 0 Å². The van der Waals surface area contributed by atoms with Gasteiger partial charge < -0.3 is 4.90 Å². The van der Waals surface area contributed by atoms with Crippen LogP contribution in [0.1, 0.15) is 64.7 Å². The Bertz CT molecular complexity index is 691. The highest BCUT2D eigenvalue weighted by Crippen LogP contribution is 2.48. The summed E-state index contributed by atoms with van der Waals surface area (Å²) < 4.78 is 81.4. The molecule has 0 heterocycles. The number of benzene rings is 1. The summed E-state index contributed by atoms with van der Waals surface area (Å²) in [6.07, 6.45) is -8.63. The van der Waals surface area contributed by atoms with Gasteiger partial charge in [0.05, 0.1) is 10.8 Å². The van der Waals surface area contributed by atoms with E-state index in [9.17, 15) is 31.1 Å². The second-order valence-corrected chi connectivity index (χ2v) is 9.09. The van der Waals surface area contributed by atoms with Crippen molar-refractivity contribution in [3.05, 3.63) is 29.8 Å². The van der Waals surface area contributed by atoms with Crippen LogP contribution in [0.15, 0.2) is 24.3 Å². The highest BCUT2D eigenvalue weighted by atomic mass is 19.4. The SMILES string of the molecule is CCC(C)(CC(C)(C)C(F)(F)F)N(CC(C)(C)C(F)(F)F)c1ccc(C=O)cc1. The van der Waals surface area contributed by atoms with Gasteiger partial charge in [-0.05, 0) is 57.9 Å². The molecule has 1 aromatic rings. The Morgan fingerprint density at radius 2 is 1.28 bits per heavy atom. The van der Waals surface area contributed by atoms with Crippen molar-refractivity contribution >= 4 is 12.0 Å². The Balaban J connectivity index is 3.52. The molecule has 1 aromatic carbocycles. The minimum Gasteiger partial charge on any atom is -0.365 e. The van der Waals surface area contributed by atoms with Gasteiger partial charge in [-0.3, -0.25) is 4.79 Å². The fourth-order valence-electron chi connectivity index (χ4n) is 3.28. The maximum Gasteiger partial charge on any atom is 0.395 e. The quantitative estimate of drug-likeness (QED) is 0.329. The molecule has 1 unspecified atom stereocenters. The van der Waals surface area contributed by atoms with Crippen molar-refractivity contribution in [1.82, 2.24) is 0 Å². The number of alkyl halides is 6. The maximum absolute atomic E-state index is 13.6. The van der Waals surface area contributed by atoms with Gasteiger partial charge in [0, 0.05) is 23.3 Å². The molecule has 0 aromatic heterocycles. The smallest absolute Gasteiger partial charge is 0.365 e. The van der Waals surface area contributed by atoms with Gasteiger partial charge >= 0.3 is 12.4 Å². The van der Waals surface area contributed by atoms with E-state index in [0.717, 1.165) is 27.7 Å². The molecule has 1 rings (SSSR count). The fraction of sp³-hybridized carbons (Fsp3) is 0.667. The molecule has 0 N–H and O–H groups in total. The highest BCUT2D eigenvalue weighted by Gasteiger charge is 2.54. The van der Waals surface area contributed by atoms with E-state index in [1.165, 1.54) is 29.2 Å². The van der Waals surface area contributed by atoms with Crippen molar-refractivity contribution in [2.45, 2.75) is 72.3 Å². The largest absolute Gasteiger partial charge is 0.395 e. The van der Waals surface area contributed by atoms with Gasteiger partial charge in [0.2, 0.25) is 0 Å². The molecule has 0 aliphatic rings. The molecule has 0 radical (unpaired) electrons. The first-order valence-corrected chi connectivity index (χ1v) is 9.36. The summed E-state index contributed by atoms with van der Waals surface area (Å²) in [5.41, 5.74) is -4.78. The summed E-state index contributed by atoms with van der Waals surface area (Å²) in [5.74, 6) is 0. The molecule has 0 aliphatic heterocycles. The van der Waals surface area contributed by atoms with E-state index in [2.05, 4.69) is 0 Å². The Morgan fingerprint density at radius 3 is 1.62 bits per heavy atom. The number of hydrogen-bond acceptors (Lipinski definition) is 2. The van der Waals surface area contributed by atoms with E-state index < -0.39 is 35.3 Å². The van der Waals surface area contributed by atoms with Crippen LogP contribution in [0, 0.1) is 10.8 Å². The number of anilines is 1. The summed E-state index contributed by atoms with van der Waals surface area (Å²) in [6.45, 7) is 6.89. The van der Waals surface area contributed by atoms with Gasteiger partial charge in [-0.1, -0.05) is 20.8 Å². The third-order valence-electron chi connectivity index (χ3n) is 5.67. The van der Waals surface area contributed by atoms with Crippen LogP contribution in [0.2, 0.25) is 0 Å². The van der Waals surface area contributed by atoms with Crippen LogP contribution in [-0.4, -0.2) is 30.7 Å². The third-order valence-corrected chi connectivity index (χ3v) is 5.67. The molecule has 166 valence electrons. The minimum atomic E-state index is -4.54. The Labute approximate surface area is 168 Å². The number of halogens is 6. The second kappa shape index (κ2) is 8.19. The zero-order chi connectivity index (χ0) is 22.9. The molecule has 29 heavy (non-hydrogen) atoms. The van der Waals surface area contributed by atoms with Crippen molar-refractivity contribution < 1.29 is 31.1 Å². The standard InChI is InChI=1S/C21H29F6NO/c1-7-19(6,13-17(2,3)20(22,23)24)28(14-18(4,5)21(25,26)27)16-10-8-15(12-29)9-11-16/h8-12H,7,13-14H2,1-6H3. The van der Waals surface area contributed by atoms with Gasteiger partial charge in [0.1, 0.15) is 6.29 Å². The average molecular weight is 425 g/mol. The van der Waals surface area contributed by atoms with Crippen LogP contribution in [0.3, 0.4) is 0 Å². The van der Waals surface area contributed by atoms with Crippen molar-refractivity contribution in [1.29, 1.82) is 0 Å². The molecule has 0 amide bonds. The predicted octanol–water partition coefficient (Wildman–Crippen LogP) is 7.04. The summed E-state index contributed by atoms with van der Waals surface area (Å²) in [7, 11) is 0. The Hall–Kier alpha value is -1.73. The van der Waals surface area contributed by atoms with E-state index in [-0.39, 0.29) is 12.8 Å². The van der Waals surface area contributed by atoms with Crippen LogP contribution in [0.4, 0.5) is 32.0 Å². The molecule has 1 atom stereocenters. The monoisotopic (exact) mass is 425 g/mol. The Kier molecular flexibility index (Phi) is 7.14. The topological polar surface area (TPSA) is 20.3 Å². The molecule has 0 spiro atoms. The maximum atomic E-state index is 13.6. The van der Waals surface area contributed by atoms with Crippen LogP contribution in [-0.2, 0) is 0 Å². The number of hydrogen-bond donors (Lipinski definition) is 0. The number of carbonyl (C=O) groups is 1. The molecule has 0 saturated heterocycles. The van der Waals surface area contributed by atoms with E-state index in [1.807, 2.05) is 0 Å². The van der Waals surface area contributed by atoms with Gasteiger partial charge in [0.25, 0.3) is 0 Å². The Morgan fingerprint density at radius 1 is 0.828 bits per heavy atom. The minimum absolute atomic E-state index is 0.204. The van der Waals surface area contributed by atoms with Crippen molar-refractivity contribution in [2.24, 2.45) is 10.8 Å². The van der Waals surface area contributed by atoms with Gasteiger partial charge in [-0.25, -0.2) is 0 Å². The first-order chi connectivity index (χ1) is 12.9. The summed E-state index contributed by atoms with van der Waals surface area (Å²) in [5, 5.41) is 0. The van der Waals surface area contributed by atoms with Crippen LogP contribution < -0.4 is 4.90 Å². The normalized spacial score (nSPS) is 15.7. The van der Waals surface area contributed by atoms with E-state index in [4.69, 9.17) is 0 Å². The van der Waals surface area contributed by atoms with Gasteiger partial charge in [-0.2, -0.15) is 26.3 Å². The number of aldehydes is 1. The number of nitrogens with zero attached hydrogens (tertiary/aromatic N) is 1. The molecule has 0 aliphatic carbocycles. The lowest BCUT2D eigenvalue weighted by Crippen LogP contribution is -2.56. The number of carbonyl (C=O) groups excluding carboxylic acids is 1.